The molecule has 0 aliphatic carbocycles. The number of alkyl carbamates (subject to hydrolysis) is 1. The standard InChI is InChI=1S/C25H39N3O7S/c1-6-8-15-28(23(32)19(16-36)27-24(33)35-25(3,4)5)21(17-9-11-18(29)12-10-17)22(31)26-14-13-20(30)34-7-2/h9-12,19,21,29,36H,6-8,13-16H2,1-5H3,(H,26,31)(H,27,33). The lowest BCUT2D eigenvalue weighted by Crippen LogP contribution is -2.54. The Morgan fingerprint density at radius 3 is 2.28 bits per heavy atom. The number of benzene rings is 1. The minimum atomic E-state index is -1.07. The maximum atomic E-state index is 13.6. The van der Waals surface area contributed by atoms with Gasteiger partial charge in [0.1, 0.15) is 23.4 Å². The third-order valence-corrected chi connectivity index (χ3v) is 5.27. The number of aromatic hydroxyl groups is 1. The summed E-state index contributed by atoms with van der Waals surface area (Å²) in [6.07, 6.45) is 0.555. The molecule has 0 aromatic heterocycles. The van der Waals surface area contributed by atoms with Gasteiger partial charge in [-0.3, -0.25) is 14.4 Å². The van der Waals surface area contributed by atoms with Gasteiger partial charge in [0.05, 0.1) is 13.0 Å². The minimum absolute atomic E-state index is 0.00600. The van der Waals surface area contributed by atoms with Crippen LogP contribution in [0.3, 0.4) is 0 Å². The van der Waals surface area contributed by atoms with E-state index in [-0.39, 0.29) is 37.6 Å². The third kappa shape index (κ3) is 10.8. The molecule has 0 radical (unpaired) electrons. The number of amides is 3. The molecule has 3 amide bonds. The van der Waals surface area contributed by atoms with Gasteiger partial charge >= 0.3 is 12.1 Å². The monoisotopic (exact) mass is 525 g/mol. The fraction of sp³-hybridized carbons (Fsp3) is 0.600. The summed E-state index contributed by atoms with van der Waals surface area (Å²) in [6.45, 7) is 9.25. The summed E-state index contributed by atoms with van der Waals surface area (Å²) in [5.74, 6) is -1.48. The lowest BCUT2D eigenvalue weighted by molar-refractivity contribution is -0.144. The van der Waals surface area contributed by atoms with Crippen molar-refractivity contribution in [3.8, 4) is 5.75 Å². The second kappa shape index (κ2) is 15.2. The van der Waals surface area contributed by atoms with E-state index in [2.05, 4.69) is 23.3 Å². The van der Waals surface area contributed by atoms with E-state index in [1.165, 1.54) is 17.0 Å². The van der Waals surface area contributed by atoms with Crippen LogP contribution in [0, 0.1) is 0 Å². The topological polar surface area (TPSA) is 134 Å². The van der Waals surface area contributed by atoms with E-state index in [1.54, 1.807) is 39.8 Å². The Balaban J connectivity index is 3.26. The number of nitrogens with zero attached hydrogens (tertiary/aromatic N) is 1. The first-order valence-corrected chi connectivity index (χ1v) is 12.7. The van der Waals surface area contributed by atoms with Gasteiger partial charge in [-0.15, -0.1) is 0 Å². The van der Waals surface area contributed by atoms with Gasteiger partial charge in [-0.25, -0.2) is 4.79 Å². The zero-order valence-corrected chi connectivity index (χ0v) is 22.6. The number of esters is 1. The number of phenols is 1. The van der Waals surface area contributed by atoms with E-state index in [0.29, 0.717) is 12.0 Å². The van der Waals surface area contributed by atoms with Gasteiger partial charge in [-0.05, 0) is 51.8 Å². The number of hydrogen-bond acceptors (Lipinski definition) is 8. The summed E-state index contributed by atoms with van der Waals surface area (Å²) < 4.78 is 10.2. The highest BCUT2D eigenvalue weighted by molar-refractivity contribution is 7.80. The fourth-order valence-corrected chi connectivity index (χ4v) is 3.52. The van der Waals surface area contributed by atoms with Crippen LogP contribution in [0.15, 0.2) is 24.3 Å². The zero-order valence-electron chi connectivity index (χ0n) is 21.7. The summed E-state index contributed by atoms with van der Waals surface area (Å²) in [7, 11) is 0. The molecule has 0 aliphatic rings. The molecule has 202 valence electrons. The number of unbranched alkanes of at least 4 members (excludes halogenated alkanes) is 1. The Morgan fingerprint density at radius 2 is 1.75 bits per heavy atom. The number of phenolic OH excluding ortho intramolecular Hbond substituents is 1. The summed E-state index contributed by atoms with van der Waals surface area (Å²) in [4.78, 5) is 52.4. The van der Waals surface area contributed by atoms with Gasteiger partial charge < -0.3 is 30.1 Å². The molecular weight excluding hydrogens is 486 g/mol. The first kappa shape index (κ1) is 31.1. The predicted molar refractivity (Wildman–Crippen MR) is 139 cm³/mol. The smallest absolute Gasteiger partial charge is 0.408 e. The number of nitrogens with one attached hydrogen (secondary N) is 2. The fourth-order valence-electron chi connectivity index (χ4n) is 3.28. The Labute approximate surface area is 218 Å². The molecule has 0 fully saturated rings. The van der Waals surface area contributed by atoms with Gasteiger partial charge in [0.15, 0.2) is 0 Å². The predicted octanol–water partition coefficient (Wildman–Crippen LogP) is 2.95. The lowest BCUT2D eigenvalue weighted by Gasteiger charge is -2.34. The van der Waals surface area contributed by atoms with Gasteiger partial charge in [0.25, 0.3) is 0 Å². The maximum Gasteiger partial charge on any atom is 0.408 e. The highest BCUT2D eigenvalue weighted by Gasteiger charge is 2.35. The summed E-state index contributed by atoms with van der Waals surface area (Å²) in [6, 6.07) is 3.82. The normalized spacial score (nSPS) is 12.7. The van der Waals surface area contributed by atoms with Gasteiger partial charge in [0.2, 0.25) is 11.8 Å². The average Bonchev–Trinajstić information content (AvgIpc) is 2.79. The first-order valence-electron chi connectivity index (χ1n) is 12.1. The van der Waals surface area contributed by atoms with Gasteiger partial charge in [-0.2, -0.15) is 12.6 Å². The molecule has 1 aromatic carbocycles. The molecule has 3 N–H and O–H groups in total. The van der Waals surface area contributed by atoms with E-state index < -0.39 is 41.6 Å². The summed E-state index contributed by atoms with van der Waals surface area (Å²) >= 11 is 4.24. The first-order chi connectivity index (χ1) is 16.9. The Bertz CT molecular complexity index is 871. The van der Waals surface area contributed by atoms with Crippen LogP contribution < -0.4 is 10.6 Å². The van der Waals surface area contributed by atoms with E-state index in [0.717, 1.165) is 6.42 Å². The number of rotatable bonds is 13. The van der Waals surface area contributed by atoms with Crippen molar-refractivity contribution in [2.24, 2.45) is 0 Å². The number of thiol groups is 1. The molecule has 1 aromatic rings. The van der Waals surface area contributed by atoms with Crippen molar-refractivity contribution >= 4 is 36.5 Å². The lowest BCUT2D eigenvalue weighted by atomic mass is 10.0. The van der Waals surface area contributed by atoms with Crippen LogP contribution in [0.2, 0.25) is 0 Å². The molecule has 0 aliphatic heterocycles. The van der Waals surface area contributed by atoms with Crippen LogP contribution in [0.4, 0.5) is 4.79 Å². The number of ether oxygens (including phenoxy) is 2. The van der Waals surface area contributed by atoms with Crippen LogP contribution in [0.25, 0.3) is 0 Å². The van der Waals surface area contributed by atoms with Crippen LogP contribution >= 0.6 is 12.6 Å². The molecule has 2 atom stereocenters. The quantitative estimate of drug-likeness (QED) is 0.230. The van der Waals surface area contributed by atoms with Crippen LogP contribution in [0.5, 0.6) is 5.75 Å². The van der Waals surface area contributed by atoms with Crippen molar-refractivity contribution in [1.29, 1.82) is 0 Å². The van der Waals surface area contributed by atoms with Crippen molar-refractivity contribution in [1.82, 2.24) is 15.5 Å². The number of carbonyl (C=O) groups is 4. The second-order valence-corrected chi connectivity index (χ2v) is 9.47. The molecule has 2 unspecified atom stereocenters. The van der Waals surface area contributed by atoms with Gasteiger partial charge in [0, 0.05) is 18.8 Å². The zero-order chi connectivity index (χ0) is 27.3. The molecule has 36 heavy (non-hydrogen) atoms. The van der Waals surface area contributed by atoms with Crippen molar-refractivity contribution in [3.63, 3.8) is 0 Å². The third-order valence-electron chi connectivity index (χ3n) is 4.91. The minimum Gasteiger partial charge on any atom is -0.508 e. The van der Waals surface area contributed by atoms with Crippen molar-refractivity contribution in [2.45, 2.75) is 71.6 Å². The van der Waals surface area contributed by atoms with Crippen LogP contribution in [-0.2, 0) is 23.9 Å². The molecule has 0 heterocycles. The Morgan fingerprint density at radius 1 is 1.11 bits per heavy atom. The van der Waals surface area contributed by atoms with Crippen molar-refractivity contribution < 1.29 is 33.8 Å². The molecule has 0 bridgehead atoms. The largest absolute Gasteiger partial charge is 0.508 e. The average molecular weight is 526 g/mol. The highest BCUT2D eigenvalue weighted by Crippen LogP contribution is 2.25. The molecule has 0 spiro atoms. The molecule has 11 heteroatoms. The van der Waals surface area contributed by atoms with Gasteiger partial charge in [-0.1, -0.05) is 25.5 Å². The Kier molecular flexibility index (Phi) is 13.1. The highest BCUT2D eigenvalue weighted by atomic mass is 32.1. The molecule has 10 nitrogen and oxygen atoms in total. The number of hydrogen-bond donors (Lipinski definition) is 4. The second-order valence-electron chi connectivity index (χ2n) is 9.11. The van der Waals surface area contributed by atoms with E-state index in [4.69, 9.17) is 9.47 Å². The Hall–Kier alpha value is -2.95. The van der Waals surface area contributed by atoms with E-state index in [1.807, 2.05) is 6.92 Å². The summed E-state index contributed by atoms with van der Waals surface area (Å²) in [5, 5.41) is 15.0. The molecule has 0 saturated carbocycles. The number of carbonyl (C=O) groups excluding carboxylic acids is 4. The van der Waals surface area contributed by atoms with Crippen LogP contribution in [0.1, 0.15) is 65.5 Å². The molecule has 0 saturated heterocycles. The van der Waals surface area contributed by atoms with E-state index in [9.17, 15) is 24.3 Å². The molecular formula is C25H39N3O7S. The SMILES string of the molecule is CCCCN(C(=O)C(CS)NC(=O)OC(C)(C)C)C(C(=O)NCCC(=O)OCC)c1ccc(O)cc1. The molecule has 1 rings (SSSR count). The van der Waals surface area contributed by atoms with Crippen molar-refractivity contribution in [2.75, 3.05) is 25.4 Å². The van der Waals surface area contributed by atoms with Crippen LogP contribution in [-0.4, -0.2) is 71.0 Å². The summed E-state index contributed by atoms with van der Waals surface area (Å²) in [5.41, 5.74) is -0.301. The maximum absolute atomic E-state index is 13.6. The van der Waals surface area contributed by atoms with E-state index >= 15 is 0 Å². The van der Waals surface area contributed by atoms with Crippen molar-refractivity contribution in [3.05, 3.63) is 29.8 Å².